The summed E-state index contributed by atoms with van der Waals surface area (Å²) >= 11 is 0. The third kappa shape index (κ3) is 2.55. The van der Waals surface area contributed by atoms with Gasteiger partial charge in [0.25, 0.3) is 5.91 Å². The smallest absolute Gasteiger partial charge is 0.256 e. The largest absolute Gasteiger partial charge is 0.337 e. The highest BCUT2D eigenvalue weighted by molar-refractivity contribution is 5.94. The number of amides is 1. The fourth-order valence-corrected chi connectivity index (χ4v) is 2.13. The van der Waals surface area contributed by atoms with Gasteiger partial charge in [0.2, 0.25) is 0 Å². The van der Waals surface area contributed by atoms with Crippen molar-refractivity contribution in [2.75, 3.05) is 13.1 Å². The van der Waals surface area contributed by atoms with E-state index in [4.69, 9.17) is 5.26 Å². The van der Waals surface area contributed by atoms with E-state index >= 15 is 0 Å². The number of nitriles is 1. The molecular weight excluding hydrogens is 257 g/mol. The Bertz CT molecular complexity index is 554. The highest BCUT2D eigenvalue weighted by atomic mass is 19.2. The van der Waals surface area contributed by atoms with Crippen molar-refractivity contribution in [3.05, 3.63) is 35.1 Å². The Balaban J connectivity index is 2.25. The lowest BCUT2D eigenvalue weighted by atomic mass is 9.99. The normalized spacial score (nSPS) is 19.1. The average molecular weight is 268 g/mol. The minimum Gasteiger partial charge on any atom is -0.337 e. The number of nitrogens with zero attached hydrogens (tertiary/aromatic N) is 2. The van der Waals surface area contributed by atoms with Crippen LogP contribution in [0.25, 0.3) is 0 Å². The maximum Gasteiger partial charge on any atom is 0.256 e. The summed E-state index contributed by atoms with van der Waals surface area (Å²) in [6.07, 6.45) is 1.32. The number of piperidine rings is 1. The number of carbonyl (C=O) groups is 1. The van der Waals surface area contributed by atoms with Gasteiger partial charge in [-0.3, -0.25) is 4.79 Å². The fourth-order valence-electron chi connectivity index (χ4n) is 2.13. The van der Waals surface area contributed by atoms with Gasteiger partial charge >= 0.3 is 0 Å². The predicted octanol–water partition coefficient (Wildman–Crippen LogP) is 2.48. The molecule has 0 saturated carbocycles. The van der Waals surface area contributed by atoms with Gasteiger partial charge in [-0.2, -0.15) is 5.26 Å². The SMILES string of the molecule is N#CC1CCCN(C(=O)c2ccc(F)c(F)c2F)C1. The number of hydrogen-bond acceptors (Lipinski definition) is 2. The third-order valence-corrected chi connectivity index (χ3v) is 3.16. The lowest BCUT2D eigenvalue weighted by Gasteiger charge is -2.29. The van der Waals surface area contributed by atoms with Gasteiger partial charge < -0.3 is 4.90 Å². The number of benzene rings is 1. The van der Waals surface area contributed by atoms with Crippen LogP contribution < -0.4 is 0 Å². The molecule has 0 aromatic heterocycles. The summed E-state index contributed by atoms with van der Waals surface area (Å²) in [6, 6.07) is 3.70. The zero-order valence-corrected chi connectivity index (χ0v) is 10.00. The average Bonchev–Trinajstić information content (AvgIpc) is 2.44. The Morgan fingerprint density at radius 2 is 2.05 bits per heavy atom. The van der Waals surface area contributed by atoms with E-state index in [2.05, 4.69) is 6.07 Å². The Hall–Kier alpha value is -2.03. The molecule has 0 aliphatic carbocycles. The van der Waals surface area contributed by atoms with Gasteiger partial charge in [0, 0.05) is 13.1 Å². The Kier molecular flexibility index (Phi) is 3.74. The molecule has 1 aliphatic rings. The first-order chi connectivity index (χ1) is 9.04. The van der Waals surface area contributed by atoms with Crippen molar-refractivity contribution in [1.82, 2.24) is 4.90 Å². The highest BCUT2D eigenvalue weighted by Crippen LogP contribution is 2.21. The van der Waals surface area contributed by atoms with Crippen molar-refractivity contribution in [3.8, 4) is 6.07 Å². The molecule has 0 spiro atoms. The molecule has 100 valence electrons. The molecule has 1 amide bonds. The summed E-state index contributed by atoms with van der Waals surface area (Å²) in [5, 5.41) is 8.82. The molecular formula is C13H11F3N2O. The minimum atomic E-state index is -1.65. The second-order valence-corrected chi connectivity index (χ2v) is 4.44. The van der Waals surface area contributed by atoms with E-state index in [-0.39, 0.29) is 12.5 Å². The molecule has 1 aliphatic heterocycles. The zero-order valence-electron chi connectivity index (χ0n) is 10.00. The van der Waals surface area contributed by atoms with Crippen molar-refractivity contribution in [3.63, 3.8) is 0 Å². The lowest BCUT2D eigenvalue weighted by molar-refractivity contribution is 0.0692. The van der Waals surface area contributed by atoms with E-state index in [0.29, 0.717) is 19.4 Å². The highest BCUT2D eigenvalue weighted by Gasteiger charge is 2.27. The Morgan fingerprint density at radius 3 is 2.74 bits per heavy atom. The van der Waals surface area contributed by atoms with Crippen molar-refractivity contribution < 1.29 is 18.0 Å². The number of hydrogen-bond donors (Lipinski definition) is 0. The van der Waals surface area contributed by atoms with Crippen molar-refractivity contribution >= 4 is 5.91 Å². The Morgan fingerprint density at radius 1 is 1.32 bits per heavy atom. The van der Waals surface area contributed by atoms with Crippen molar-refractivity contribution in [2.24, 2.45) is 5.92 Å². The molecule has 1 unspecified atom stereocenters. The summed E-state index contributed by atoms with van der Waals surface area (Å²) < 4.78 is 39.4. The summed E-state index contributed by atoms with van der Waals surface area (Å²) in [5.74, 6) is -5.48. The molecule has 1 atom stereocenters. The van der Waals surface area contributed by atoms with Crippen LogP contribution in [0, 0.1) is 34.7 Å². The van der Waals surface area contributed by atoms with Crippen LogP contribution >= 0.6 is 0 Å². The van der Waals surface area contributed by atoms with Gasteiger partial charge in [-0.25, -0.2) is 13.2 Å². The van der Waals surface area contributed by atoms with Crippen LogP contribution in [0.5, 0.6) is 0 Å². The maximum absolute atomic E-state index is 13.5. The summed E-state index contributed by atoms with van der Waals surface area (Å²) in [7, 11) is 0. The van der Waals surface area contributed by atoms with E-state index in [1.165, 1.54) is 4.90 Å². The topological polar surface area (TPSA) is 44.1 Å². The van der Waals surface area contributed by atoms with E-state index in [1.54, 1.807) is 0 Å². The molecule has 1 aromatic rings. The molecule has 1 heterocycles. The predicted molar refractivity (Wildman–Crippen MR) is 60.6 cm³/mol. The first kappa shape index (κ1) is 13.4. The van der Waals surface area contributed by atoms with E-state index in [9.17, 15) is 18.0 Å². The molecule has 0 N–H and O–H groups in total. The quantitative estimate of drug-likeness (QED) is 0.734. The molecule has 3 nitrogen and oxygen atoms in total. The summed E-state index contributed by atoms with van der Waals surface area (Å²) in [5.41, 5.74) is -0.502. The Labute approximate surface area is 108 Å². The van der Waals surface area contributed by atoms with Gasteiger partial charge in [0.05, 0.1) is 17.6 Å². The molecule has 1 fully saturated rings. The van der Waals surface area contributed by atoms with Crippen LogP contribution in [0.1, 0.15) is 23.2 Å². The van der Waals surface area contributed by atoms with Gasteiger partial charge in [0.1, 0.15) is 0 Å². The molecule has 6 heteroatoms. The van der Waals surface area contributed by atoms with Gasteiger partial charge in [-0.15, -0.1) is 0 Å². The van der Waals surface area contributed by atoms with Gasteiger partial charge in [-0.1, -0.05) is 0 Å². The van der Waals surface area contributed by atoms with E-state index < -0.39 is 28.9 Å². The molecule has 0 bridgehead atoms. The second kappa shape index (κ2) is 5.31. The van der Waals surface area contributed by atoms with E-state index in [1.807, 2.05) is 0 Å². The number of halogens is 3. The number of carbonyl (C=O) groups excluding carboxylic acids is 1. The van der Waals surface area contributed by atoms with E-state index in [0.717, 1.165) is 12.1 Å². The fraction of sp³-hybridized carbons (Fsp3) is 0.385. The summed E-state index contributed by atoms with van der Waals surface area (Å²) in [6.45, 7) is 0.573. The van der Waals surface area contributed by atoms with Crippen LogP contribution in [0.15, 0.2) is 12.1 Å². The molecule has 0 radical (unpaired) electrons. The van der Waals surface area contributed by atoms with Gasteiger partial charge in [0.15, 0.2) is 17.5 Å². The lowest BCUT2D eigenvalue weighted by Crippen LogP contribution is -2.40. The van der Waals surface area contributed by atoms with Crippen LogP contribution in [0.2, 0.25) is 0 Å². The van der Waals surface area contributed by atoms with Crippen LogP contribution in [0.4, 0.5) is 13.2 Å². The molecule has 19 heavy (non-hydrogen) atoms. The number of rotatable bonds is 1. The summed E-state index contributed by atoms with van der Waals surface area (Å²) in [4.78, 5) is 13.3. The molecule has 1 aromatic carbocycles. The van der Waals surface area contributed by atoms with Crippen LogP contribution in [-0.4, -0.2) is 23.9 Å². The molecule has 2 rings (SSSR count). The molecule has 1 saturated heterocycles. The number of likely N-dealkylation sites (tertiary alicyclic amines) is 1. The minimum absolute atomic E-state index is 0.188. The van der Waals surface area contributed by atoms with Crippen LogP contribution in [-0.2, 0) is 0 Å². The third-order valence-electron chi connectivity index (χ3n) is 3.16. The van der Waals surface area contributed by atoms with Crippen LogP contribution in [0.3, 0.4) is 0 Å². The standard InChI is InChI=1S/C13H11F3N2O/c14-10-4-3-9(11(15)12(10)16)13(19)18-5-1-2-8(6-17)7-18/h3-4,8H,1-2,5,7H2. The van der Waals surface area contributed by atoms with Crippen molar-refractivity contribution in [1.29, 1.82) is 5.26 Å². The van der Waals surface area contributed by atoms with Gasteiger partial charge in [-0.05, 0) is 25.0 Å². The zero-order chi connectivity index (χ0) is 14.0. The monoisotopic (exact) mass is 268 g/mol. The maximum atomic E-state index is 13.5. The van der Waals surface area contributed by atoms with Crippen molar-refractivity contribution in [2.45, 2.75) is 12.8 Å². The first-order valence-corrected chi connectivity index (χ1v) is 5.87. The second-order valence-electron chi connectivity index (χ2n) is 4.44. The first-order valence-electron chi connectivity index (χ1n) is 5.87.